The van der Waals surface area contributed by atoms with Gasteiger partial charge in [0.2, 0.25) is 0 Å². The molecule has 0 radical (unpaired) electrons. The van der Waals surface area contributed by atoms with Crippen molar-refractivity contribution in [2.75, 3.05) is 6.61 Å². The first-order valence-electron chi connectivity index (χ1n) is 4.98. The minimum atomic E-state index is -1.56. The van der Waals surface area contributed by atoms with Gasteiger partial charge in [0, 0.05) is 12.3 Å². The van der Waals surface area contributed by atoms with Crippen LogP contribution in [0, 0.1) is 0 Å². The van der Waals surface area contributed by atoms with Gasteiger partial charge in [-0.25, -0.2) is 9.36 Å². The van der Waals surface area contributed by atoms with E-state index in [1.54, 1.807) is 0 Å². The van der Waals surface area contributed by atoms with Gasteiger partial charge in [-0.3, -0.25) is 4.79 Å². The molecular formula is C9H12N2O6. The second-order valence-electron chi connectivity index (χ2n) is 3.76. The van der Waals surface area contributed by atoms with Gasteiger partial charge >= 0.3 is 5.69 Å². The summed E-state index contributed by atoms with van der Waals surface area (Å²) in [7, 11) is 0. The van der Waals surface area contributed by atoms with Crippen molar-refractivity contribution >= 4 is 0 Å². The van der Waals surface area contributed by atoms with E-state index in [-0.39, 0.29) is 6.61 Å². The summed E-state index contributed by atoms with van der Waals surface area (Å²) in [5.74, 6) is 0. The Morgan fingerprint density at radius 2 is 2.00 bits per heavy atom. The first-order valence-corrected chi connectivity index (χ1v) is 4.98. The van der Waals surface area contributed by atoms with Gasteiger partial charge in [0.05, 0.1) is 6.61 Å². The molecule has 1 aromatic heterocycles. The molecule has 0 aromatic carbocycles. The van der Waals surface area contributed by atoms with E-state index in [4.69, 9.17) is 4.74 Å². The average molecular weight is 244 g/mol. The third-order valence-electron chi connectivity index (χ3n) is 2.62. The summed E-state index contributed by atoms with van der Waals surface area (Å²) in [6, 6.07) is 1.09. The molecule has 8 nitrogen and oxygen atoms in total. The number of aromatic amines is 1. The first kappa shape index (κ1) is 12.0. The maximum Gasteiger partial charge on any atom is 0.330 e. The number of nitrogens with zero attached hydrogens (tertiary/aromatic N) is 1. The van der Waals surface area contributed by atoms with E-state index >= 15 is 0 Å². The molecule has 0 saturated carbocycles. The monoisotopic (exact) mass is 244 g/mol. The SMILES string of the molecule is O=c1cc[nH]c(=O)n1C1OC[C@@H](O)[C@@H](O)[C@@H]1O. The number of rotatable bonds is 1. The Balaban J connectivity index is 2.41. The van der Waals surface area contributed by atoms with Crippen LogP contribution in [0.3, 0.4) is 0 Å². The van der Waals surface area contributed by atoms with Crippen LogP contribution in [0.5, 0.6) is 0 Å². The molecule has 0 spiro atoms. The van der Waals surface area contributed by atoms with E-state index in [0.717, 1.165) is 6.07 Å². The van der Waals surface area contributed by atoms with Crippen LogP contribution in [0.15, 0.2) is 21.9 Å². The highest BCUT2D eigenvalue weighted by molar-refractivity contribution is 4.90. The van der Waals surface area contributed by atoms with Crippen molar-refractivity contribution in [2.45, 2.75) is 24.5 Å². The number of aliphatic hydroxyl groups excluding tert-OH is 3. The van der Waals surface area contributed by atoms with Crippen LogP contribution in [0.25, 0.3) is 0 Å². The van der Waals surface area contributed by atoms with Crippen LogP contribution in [0.2, 0.25) is 0 Å². The molecule has 0 bridgehead atoms. The van der Waals surface area contributed by atoms with E-state index in [1.165, 1.54) is 6.20 Å². The zero-order valence-corrected chi connectivity index (χ0v) is 8.68. The predicted molar refractivity (Wildman–Crippen MR) is 54.3 cm³/mol. The Morgan fingerprint density at radius 3 is 2.65 bits per heavy atom. The topological polar surface area (TPSA) is 125 Å². The number of aliphatic hydroxyl groups is 3. The fourth-order valence-electron chi connectivity index (χ4n) is 1.69. The zero-order valence-electron chi connectivity index (χ0n) is 8.68. The molecule has 0 amide bonds. The number of hydrogen-bond acceptors (Lipinski definition) is 6. The second-order valence-corrected chi connectivity index (χ2v) is 3.76. The summed E-state index contributed by atoms with van der Waals surface area (Å²) in [5.41, 5.74) is -1.42. The lowest BCUT2D eigenvalue weighted by Gasteiger charge is -2.35. The van der Waals surface area contributed by atoms with Crippen molar-refractivity contribution in [3.05, 3.63) is 33.1 Å². The summed E-state index contributed by atoms with van der Waals surface area (Å²) in [4.78, 5) is 25.2. The van der Waals surface area contributed by atoms with Crippen molar-refractivity contribution in [1.29, 1.82) is 0 Å². The Bertz CT molecular complexity index is 480. The summed E-state index contributed by atoms with van der Waals surface area (Å²) in [6.45, 7) is -0.274. The summed E-state index contributed by atoms with van der Waals surface area (Å²) in [5, 5.41) is 28.4. The smallest absolute Gasteiger partial charge is 0.330 e. The van der Waals surface area contributed by atoms with Crippen molar-refractivity contribution in [1.82, 2.24) is 9.55 Å². The molecule has 1 unspecified atom stereocenters. The van der Waals surface area contributed by atoms with Crippen LogP contribution < -0.4 is 11.2 Å². The van der Waals surface area contributed by atoms with Crippen LogP contribution in [0.1, 0.15) is 6.23 Å². The second kappa shape index (κ2) is 4.41. The van der Waals surface area contributed by atoms with Gasteiger partial charge < -0.3 is 25.0 Å². The lowest BCUT2D eigenvalue weighted by atomic mass is 10.0. The fraction of sp³-hybridized carbons (Fsp3) is 0.556. The third-order valence-corrected chi connectivity index (χ3v) is 2.62. The molecule has 4 N–H and O–H groups in total. The number of ether oxygens (including phenoxy) is 1. The van der Waals surface area contributed by atoms with Gasteiger partial charge in [-0.15, -0.1) is 0 Å². The number of H-pyrrole nitrogens is 1. The molecule has 94 valence electrons. The molecule has 1 fully saturated rings. The average Bonchev–Trinajstić information content (AvgIpc) is 2.29. The van der Waals surface area contributed by atoms with Gasteiger partial charge in [0.1, 0.15) is 18.3 Å². The maximum absolute atomic E-state index is 11.5. The highest BCUT2D eigenvalue weighted by atomic mass is 16.5. The molecule has 2 rings (SSSR count). The number of aromatic nitrogens is 2. The van der Waals surface area contributed by atoms with E-state index < -0.39 is 35.8 Å². The molecule has 8 heteroatoms. The van der Waals surface area contributed by atoms with Crippen LogP contribution >= 0.6 is 0 Å². The Morgan fingerprint density at radius 1 is 1.29 bits per heavy atom. The van der Waals surface area contributed by atoms with Crippen molar-refractivity contribution in [2.24, 2.45) is 0 Å². The largest absolute Gasteiger partial charge is 0.388 e. The van der Waals surface area contributed by atoms with Crippen LogP contribution in [0.4, 0.5) is 0 Å². The van der Waals surface area contributed by atoms with E-state index in [0.29, 0.717) is 4.57 Å². The normalized spacial score (nSPS) is 33.6. The molecule has 2 heterocycles. The minimum Gasteiger partial charge on any atom is -0.388 e. The van der Waals surface area contributed by atoms with Crippen molar-refractivity contribution in [3.8, 4) is 0 Å². The molecule has 1 aliphatic heterocycles. The van der Waals surface area contributed by atoms with Crippen molar-refractivity contribution in [3.63, 3.8) is 0 Å². The molecule has 0 aliphatic carbocycles. The Hall–Kier alpha value is -1.48. The summed E-state index contributed by atoms with van der Waals surface area (Å²) in [6.07, 6.45) is -4.42. The van der Waals surface area contributed by atoms with Crippen LogP contribution in [-0.4, -0.2) is 49.8 Å². The summed E-state index contributed by atoms with van der Waals surface area (Å²) >= 11 is 0. The number of nitrogens with one attached hydrogen (secondary N) is 1. The molecule has 17 heavy (non-hydrogen) atoms. The minimum absolute atomic E-state index is 0.274. The molecule has 1 aliphatic rings. The quantitative estimate of drug-likeness (QED) is 0.421. The van der Waals surface area contributed by atoms with E-state index in [1.807, 2.05) is 0 Å². The van der Waals surface area contributed by atoms with Crippen molar-refractivity contribution < 1.29 is 20.1 Å². The number of hydrogen-bond donors (Lipinski definition) is 4. The highest BCUT2D eigenvalue weighted by Crippen LogP contribution is 2.21. The zero-order chi connectivity index (χ0) is 12.6. The fourth-order valence-corrected chi connectivity index (χ4v) is 1.69. The lowest BCUT2D eigenvalue weighted by Crippen LogP contribution is -2.54. The van der Waals surface area contributed by atoms with Gasteiger partial charge in [0.25, 0.3) is 5.56 Å². The molecular weight excluding hydrogens is 232 g/mol. The summed E-state index contributed by atoms with van der Waals surface area (Å²) < 4.78 is 5.66. The van der Waals surface area contributed by atoms with Crippen LogP contribution in [-0.2, 0) is 4.74 Å². The molecule has 1 saturated heterocycles. The van der Waals surface area contributed by atoms with Gasteiger partial charge in [-0.1, -0.05) is 0 Å². The van der Waals surface area contributed by atoms with E-state index in [9.17, 15) is 24.9 Å². The molecule has 1 aromatic rings. The van der Waals surface area contributed by atoms with Gasteiger partial charge in [-0.2, -0.15) is 0 Å². The molecule has 4 atom stereocenters. The van der Waals surface area contributed by atoms with E-state index in [2.05, 4.69) is 4.98 Å². The standard InChI is InChI=1S/C9H12N2O6/c12-4-3-17-8(7(15)6(4)14)11-5(13)1-2-10-9(11)16/h1-2,4,6-8,12,14-15H,3H2,(H,10,16)/t4-,6-,7+,8?/m1/s1. The highest BCUT2D eigenvalue weighted by Gasteiger charge is 2.39. The Kier molecular flexibility index (Phi) is 3.11. The maximum atomic E-state index is 11.5. The third kappa shape index (κ3) is 2.03. The predicted octanol–water partition coefficient (Wildman–Crippen LogP) is -2.85. The van der Waals surface area contributed by atoms with Gasteiger partial charge in [0.15, 0.2) is 6.23 Å². The lowest BCUT2D eigenvalue weighted by molar-refractivity contribution is -0.212. The first-order chi connectivity index (χ1) is 8.02. The van der Waals surface area contributed by atoms with Gasteiger partial charge in [-0.05, 0) is 0 Å². The Labute approximate surface area is 94.7 Å².